The summed E-state index contributed by atoms with van der Waals surface area (Å²) >= 11 is 0. The standard InChI is InChI=1S/C17H20O/c1-12-8-13(2)14(3)16(9-12)10-15-6-5-7-17(11-15)18-4/h5-9,11H,10H2,1-4H3. The number of hydrogen-bond donors (Lipinski definition) is 0. The Balaban J connectivity index is 2.33. The van der Waals surface area contributed by atoms with Gasteiger partial charge in [-0.2, -0.15) is 0 Å². The van der Waals surface area contributed by atoms with Gasteiger partial charge in [-0.05, 0) is 61.6 Å². The summed E-state index contributed by atoms with van der Waals surface area (Å²) in [5, 5.41) is 0. The van der Waals surface area contributed by atoms with Gasteiger partial charge in [0.05, 0.1) is 7.11 Å². The maximum absolute atomic E-state index is 5.27. The van der Waals surface area contributed by atoms with Gasteiger partial charge < -0.3 is 4.74 Å². The van der Waals surface area contributed by atoms with E-state index in [1.807, 2.05) is 12.1 Å². The lowest BCUT2D eigenvalue weighted by Gasteiger charge is -2.11. The lowest BCUT2D eigenvalue weighted by molar-refractivity contribution is 0.414. The van der Waals surface area contributed by atoms with Crippen molar-refractivity contribution >= 4 is 0 Å². The summed E-state index contributed by atoms with van der Waals surface area (Å²) in [6.45, 7) is 6.53. The van der Waals surface area contributed by atoms with E-state index in [4.69, 9.17) is 4.74 Å². The Labute approximate surface area is 109 Å². The van der Waals surface area contributed by atoms with Gasteiger partial charge >= 0.3 is 0 Å². The lowest BCUT2D eigenvalue weighted by atomic mass is 9.95. The van der Waals surface area contributed by atoms with E-state index < -0.39 is 0 Å². The van der Waals surface area contributed by atoms with Crippen LogP contribution in [0.5, 0.6) is 5.75 Å². The molecule has 2 aromatic carbocycles. The first-order valence-corrected chi connectivity index (χ1v) is 6.30. The summed E-state index contributed by atoms with van der Waals surface area (Å²) in [4.78, 5) is 0. The number of ether oxygens (including phenoxy) is 1. The van der Waals surface area contributed by atoms with E-state index in [0.29, 0.717) is 0 Å². The van der Waals surface area contributed by atoms with Gasteiger partial charge in [-0.15, -0.1) is 0 Å². The molecule has 0 heterocycles. The van der Waals surface area contributed by atoms with Crippen molar-refractivity contribution in [3.8, 4) is 5.75 Å². The van der Waals surface area contributed by atoms with Crippen LogP contribution in [0.1, 0.15) is 27.8 Å². The highest BCUT2D eigenvalue weighted by atomic mass is 16.5. The summed E-state index contributed by atoms with van der Waals surface area (Å²) < 4.78 is 5.27. The fourth-order valence-corrected chi connectivity index (χ4v) is 2.31. The van der Waals surface area contributed by atoms with Crippen molar-refractivity contribution in [1.29, 1.82) is 0 Å². The summed E-state index contributed by atoms with van der Waals surface area (Å²) in [5.41, 5.74) is 6.79. The van der Waals surface area contributed by atoms with Crippen LogP contribution in [0.4, 0.5) is 0 Å². The Morgan fingerprint density at radius 1 is 1.00 bits per heavy atom. The van der Waals surface area contributed by atoms with E-state index in [0.717, 1.165) is 12.2 Å². The molecule has 94 valence electrons. The molecule has 2 rings (SSSR count). The number of methoxy groups -OCH3 is 1. The van der Waals surface area contributed by atoms with E-state index in [2.05, 4.69) is 45.0 Å². The third-order valence-corrected chi connectivity index (χ3v) is 3.45. The molecular formula is C17H20O. The Morgan fingerprint density at radius 3 is 2.50 bits per heavy atom. The molecule has 0 fully saturated rings. The van der Waals surface area contributed by atoms with E-state index >= 15 is 0 Å². The molecule has 0 saturated heterocycles. The first-order valence-electron chi connectivity index (χ1n) is 6.30. The molecule has 0 radical (unpaired) electrons. The first kappa shape index (κ1) is 12.7. The van der Waals surface area contributed by atoms with Gasteiger partial charge in [-0.25, -0.2) is 0 Å². The largest absolute Gasteiger partial charge is 0.497 e. The zero-order valence-electron chi connectivity index (χ0n) is 11.6. The molecule has 0 aliphatic heterocycles. The van der Waals surface area contributed by atoms with Crippen LogP contribution in [0.3, 0.4) is 0 Å². The highest BCUT2D eigenvalue weighted by Gasteiger charge is 2.04. The number of benzene rings is 2. The fourth-order valence-electron chi connectivity index (χ4n) is 2.31. The molecule has 0 bridgehead atoms. The van der Waals surface area contributed by atoms with Gasteiger partial charge in [0, 0.05) is 0 Å². The van der Waals surface area contributed by atoms with Crippen LogP contribution in [0.15, 0.2) is 36.4 Å². The second kappa shape index (κ2) is 5.26. The summed E-state index contributed by atoms with van der Waals surface area (Å²) in [5.74, 6) is 0.925. The Kier molecular flexibility index (Phi) is 3.71. The van der Waals surface area contributed by atoms with Gasteiger partial charge in [-0.3, -0.25) is 0 Å². The second-order valence-corrected chi connectivity index (χ2v) is 4.89. The zero-order chi connectivity index (χ0) is 13.1. The number of aryl methyl sites for hydroxylation is 2. The average Bonchev–Trinajstić information content (AvgIpc) is 2.35. The minimum Gasteiger partial charge on any atom is -0.497 e. The molecule has 0 aromatic heterocycles. The third-order valence-electron chi connectivity index (χ3n) is 3.45. The zero-order valence-corrected chi connectivity index (χ0v) is 11.6. The normalized spacial score (nSPS) is 10.4. The molecule has 0 saturated carbocycles. The minimum absolute atomic E-state index is 0.925. The van der Waals surface area contributed by atoms with Crippen LogP contribution in [-0.4, -0.2) is 7.11 Å². The maximum atomic E-state index is 5.27. The fraction of sp³-hybridized carbons (Fsp3) is 0.294. The molecule has 1 nitrogen and oxygen atoms in total. The van der Waals surface area contributed by atoms with Crippen molar-refractivity contribution in [1.82, 2.24) is 0 Å². The van der Waals surface area contributed by atoms with Crippen molar-refractivity contribution < 1.29 is 4.74 Å². The van der Waals surface area contributed by atoms with Crippen LogP contribution in [-0.2, 0) is 6.42 Å². The monoisotopic (exact) mass is 240 g/mol. The molecule has 1 heteroatoms. The van der Waals surface area contributed by atoms with Crippen molar-refractivity contribution in [2.45, 2.75) is 27.2 Å². The average molecular weight is 240 g/mol. The van der Waals surface area contributed by atoms with E-state index in [1.54, 1.807) is 7.11 Å². The predicted octanol–water partition coefficient (Wildman–Crippen LogP) is 4.21. The topological polar surface area (TPSA) is 9.23 Å². The van der Waals surface area contributed by atoms with E-state index in [1.165, 1.54) is 27.8 Å². The third kappa shape index (κ3) is 2.73. The summed E-state index contributed by atoms with van der Waals surface area (Å²) in [7, 11) is 1.71. The molecule has 0 spiro atoms. The highest BCUT2D eigenvalue weighted by molar-refractivity contribution is 5.41. The first-order chi connectivity index (χ1) is 8.60. The van der Waals surface area contributed by atoms with E-state index in [9.17, 15) is 0 Å². The van der Waals surface area contributed by atoms with Gasteiger partial charge in [0.2, 0.25) is 0 Å². The molecule has 18 heavy (non-hydrogen) atoms. The van der Waals surface area contributed by atoms with Crippen molar-refractivity contribution in [2.75, 3.05) is 7.11 Å². The van der Waals surface area contributed by atoms with Crippen molar-refractivity contribution in [2.24, 2.45) is 0 Å². The molecule has 0 amide bonds. The molecule has 0 aliphatic carbocycles. The minimum atomic E-state index is 0.925. The molecule has 0 N–H and O–H groups in total. The molecule has 0 aliphatic rings. The second-order valence-electron chi connectivity index (χ2n) is 4.89. The molecule has 2 aromatic rings. The summed E-state index contributed by atoms with van der Waals surface area (Å²) in [6.07, 6.45) is 0.964. The highest BCUT2D eigenvalue weighted by Crippen LogP contribution is 2.21. The van der Waals surface area contributed by atoms with Crippen LogP contribution < -0.4 is 4.74 Å². The Morgan fingerprint density at radius 2 is 1.78 bits per heavy atom. The van der Waals surface area contributed by atoms with Gasteiger partial charge in [0.25, 0.3) is 0 Å². The predicted molar refractivity (Wildman–Crippen MR) is 76.5 cm³/mol. The van der Waals surface area contributed by atoms with Crippen LogP contribution in [0.2, 0.25) is 0 Å². The van der Waals surface area contributed by atoms with Gasteiger partial charge in [0.15, 0.2) is 0 Å². The Hall–Kier alpha value is -1.76. The smallest absolute Gasteiger partial charge is 0.119 e. The van der Waals surface area contributed by atoms with Crippen molar-refractivity contribution in [3.05, 3.63) is 64.2 Å². The van der Waals surface area contributed by atoms with Gasteiger partial charge in [0.1, 0.15) is 5.75 Å². The van der Waals surface area contributed by atoms with Crippen LogP contribution in [0.25, 0.3) is 0 Å². The van der Waals surface area contributed by atoms with Crippen molar-refractivity contribution in [3.63, 3.8) is 0 Å². The SMILES string of the molecule is COc1cccc(Cc2cc(C)cc(C)c2C)c1. The van der Waals surface area contributed by atoms with Crippen LogP contribution >= 0.6 is 0 Å². The molecule has 0 atom stereocenters. The van der Waals surface area contributed by atoms with E-state index in [-0.39, 0.29) is 0 Å². The van der Waals surface area contributed by atoms with Gasteiger partial charge in [-0.1, -0.05) is 29.8 Å². The maximum Gasteiger partial charge on any atom is 0.119 e. The quantitative estimate of drug-likeness (QED) is 0.781. The Bertz CT molecular complexity index is 556. The lowest BCUT2D eigenvalue weighted by Crippen LogP contribution is -1.96. The number of hydrogen-bond acceptors (Lipinski definition) is 1. The van der Waals surface area contributed by atoms with Crippen LogP contribution in [0, 0.1) is 20.8 Å². The summed E-state index contributed by atoms with van der Waals surface area (Å²) in [6, 6.07) is 12.8. The number of rotatable bonds is 3. The molecular weight excluding hydrogens is 220 g/mol. The molecule has 0 unspecified atom stereocenters.